The van der Waals surface area contributed by atoms with Crippen molar-refractivity contribution in [2.75, 3.05) is 5.32 Å². The molecule has 18 heavy (non-hydrogen) atoms. The Balaban J connectivity index is 1.58. The molecule has 2 bridgehead atoms. The van der Waals surface area contributed by atoms with Crippen molar-refractivity contribution in [1.82, 2.24) is 5.32 Å². The highest BCUT2D eigenvalue weighted by Gasteiger charge is 2.39. The van der Waals surface area contributed by atoms with Gasteiger partial charge in [-0.3, -0.25) is 0 Å². The fourth-order valence-corrected chi connectivity index (χ4v) is 3.76. The van der Waals surface area contributed by atoms with E-state index in [1.54, 1.807) is 0 Å². The normalized spacial score (nSPS) is 29.3. The van der Waals surface area contributed by atoms with Crippen molar-refractivity contribution in [3.63, 3.8) is 0 Å². The topological polar surface area (TPSA) is 24.1 Å². The van der Waals surface area contributed by atoms with Crippen LogP contribution in [0.4, 0.5) is 5.69 Å². The van der Waals surface area contributed by atoms with Crippen LogP contribution in [0, 0.1) is 11.8 Å². The molecule has 0 saturated heterocycles. The van der Waals surface area contributed by atoms with Crippen molar-refractivity contribution < 1.29 is 0 Å². The van der Waals surface area contributed by atoms with E-state index >= 15 is 0 Å². The van der Waals surface area contributed by atoms with Gasteiger partial charge in [-0.05, 0) is 55.4 Å². The predicted octanol–water partition coefficient (Wildman–Crippen LogP) is 3.82. The molecule has 0 radical (unpaired) electrons. The van der Waals surface area contributed by atoms with E-state index in [4.69, 9.17) is 23.8 Å². The molecule has 0 amide bonds. The lowest BCUT2D eigenvalue weighted by Gasteiger charge is -2.24. The van der Waals surface area contributed by atoms with Gasteiger partial charge in [0.15, 0.2) is 5.11 Å². The SMILES string of the molecule is S=C(Nc1ccccc1Cl)N[C@H]1C[C@@H]2CC[C@@H]1C2. The summed E-state index contributed by atoms with van der Waals surface area (Å²) >= 11 is 11.5. The van der Waals surface area contributed by atoms with E-state index in [1.807, 2.05) is 24.3 Å². The third kappa shape index (κ3) is 2.47. The second kappa shape index (κ2) is 5.06. The van der Waals surface area contributed by atoms with Crippen LogP contribution in [0.15, 0.2) is 24.3 Å². The molecule has 4 heteroatoms. The lowest BCUT2D eigenvalue weighted by atomic mass is 9.96. The second-order valence-corrected chi connectivity index (χ2v) is 6.18. The Labute approximate surface area is 118 Å². The van der Waals surface area contributed by atoms with Gasteiger partial charge in [-0.25, -0.2) is 0 Å². The molecule has 1 aromatic carbocycles. The monoisotopic (exact) mass is 280 g/mol. The van der Waals surface area contributed by atoms with Gasteiger partial charge in [0.2, 0.25) is 0 Å². The minimum absolute atomic E-state index is 0.561. The minimum atomic E-state index is 0.561. The third-order valence-corrected chi connectivity index (χ3v) is 4.73. The second-order valence-electron chi connectivity index (χ2n) is 5.36. The van der Waals surface area contributed by atoms with Crippen molar-refractivity contribution in [2.24, 2.45) is 11.8 Å². The Morgan fingerprint density at radius 3 is 2.72 bits per heavy atom. The molecular formula is C14H17ClN2S. The maximum atomic E-state index is 6.10. The van der Waals surface area contributed by atoms with Crippen LogP contribution in [-0.4, -0.2) is 11.2 Å². The standard InChI is InChI=1S/C14H17ClN2S/c15-11-3-1-2-4-12(11)16-14(18)17-13-8-9-5-6-10(13)7-9/h1-4,9-10,13H,5-8H2,(H2,16,17,18)/t9-,10-,13+/m1/s1. The van der Waals surface area contributed by atoms with Gasteiger partial charge in [0.25, 0.3) is 0 Å². The highest BCUT2D eigenvalue weighted by Crippen LogP contribution is 2.44. The first-order valence-corrected chi connectivity index (χ1v) is 7.33. The van der Waals surface area contributed by atoms with Crippen molar-refractivity contribution in [3.8, 4) is 0 Å². The summed E-state index contributed by atoms with van der Waals surface area (Å²) in [7, 11) is 0. The summed E-state index contributed by atoms with van der Waals surface area (Å²) in [5.74, 6) is 1.75. The number of benzene rings is 1. The molecule has 0 aliphatic heterocycles. The number of halogens is 1. The highest BCUT2D eigenvalue weighted by molar-refractivity contribution is 7.80. The molecule has 0 spiro atoms. The van der Waals surface area contributed by atoms with Crippen LogP contribution in [0.25, 0.3) is 0 Å². The summed E-state index contributed by atoms with van der Waals surface area (Å²) in [6.07, 6.45) is 5.42. The Hall–Kier alpha value is -0.800. The highest BCUT2D eigenvalue weighted by atomic mass is 35.5. The van der Waals surface area contributed by atoms with E-state index < -0.39 is 0 Å². The van der Waals surface area contributed by atoms with E-state index in [0.717, 1.165) is 17.5 Å². The van der Waals surface area contributed by atoms with Crippen LogP contribution < -0.4 is 10.6 Å². The lowest BCUT2D eigenvalue weighted by molar-refractivity contribution is 0.392. The predicted molar refractivity (Wildman–Crippen MR) is 80.0 cm³/mol. The van der Waals surface area contributed by atoms with Crippen LogP contribution in [0.5, 0.6) is 0 Å². The smallest absolute Gasteiger partial charge is 0.171 e. The fourth-order valence-electron chi connectivity index (χ4n) is 3.31. The quantitative estimate of drug-likeness (QED) is 0.806. The molecule has 1 aromatic rings. The molecule has 2 aliphatic rings. The van der Waals surface area contributed by atoms with E-state index in [-0.39, 0.29) is 0 Å². The molecule has 2 saturated carbocycles. The molecule has 0 aromatic heterocycles. The number of anilines is 1. The summed E-state index contributed by atoms with van der Waals surface area (Å²) in [5.41, 5.74) is 0.875. The molecular weight excluding hydrogens is 264 g/mol. The molecule has 2 nitrogen and oxygen atoms in total. The Kier molecular flexibility index (Phi) is 3.44. The Morgan fingerprint density at radius 1 is 1.22 bits per heavy atom. The largest absolute Gasteiger partial charge is 0.359 e. The lowest BCUT2D eigenvalue weighted by Crippen LogP contribution is -2.40. The van der Waals surface area contributed by atoms with E-state index in [1.165, 1.54) is 25.7 Å². The van der Waals surface area contributed by atoms with Crippen molar-refractivity contribution in [1.29, 1.82) is 0 Å². The van der Waals surface area contributed by atoms with Gasteiger partial charge in [-0.2, -0.15) is 0 Å². The van der Waals surface area contributed by atoms with Crippen molar-refractivity contribution in [2.45, 2.75) is 31.7 Å². The van der Waals surface area contributed by atoms with E-state index in [2.05, 4.69) is 10.6 Å². The van der Waals surface area contributed by atoms with Crippen LogP contribution in [-0.2, 0) is 0 Å². The summed E-state index contributed by atoms with van der Waals surface area (Å²) < 4.78 is 0. The van der Waals surface area contributed by atoms with Crippen LogP contribution in [0.2, 0.25) is 5.02 Å². The average molecular weight is 281 g/mol. The molecule has 2 N–H and O–H groups in total. The number of rotatable bonds is 2. The molecule has 3 atom stereocenters. The van der Waals surface area contributed by atoms with E-state index in [0.29, 0.717) is 16.2 Å². The number of para-hydroxylation sites is 1. The maximum absolute atomic E-state index is 6.10. The first-order chi connectivity index (χ1) is 8.72. The molecule has 0 unspecified atom stereocenters. The average Bonchev–Trinajstić information content (AvgIpc) is 2.94. The summed E-state index contributed by atoms with van der Waals surface area (Å²) in [4.78, 5) is 0. The number of nitrogens with one attached hydrogen (secondary N) is 2. The van der Waals surface area contributed by atoms with Crippen LogP contribution >= 0.6 is 23.8 Å². The summed E-state index contributed by atoms with van der Waals surface area (Å²) in [6, 6.07) is 8.24. The van der Waals surface area contributed by atoms with Gasteiger partial charge in [-0.1, -0.05) is 30.2 Å². The Morgan fingerprint density at radius 2 is 2.06 bits per heavy atom. The van der Waals surface area contributed by atoms with Gasteiger partial charge >= 0.3 is 0 Å². The number of fused-ring (bicyclic) bond motifs is 2. The number of hydrogen-bond acceptors (Lipinski definition) is 1. The van der Waals surface area contributed by atoms with Crippen molar-refractivity contribution in [3.05, 3.63) is 29.3 Å². The molecule has 96 valence electrons. The number of thiocarbonyl (C=S) groups is 1. The summed E-state index contributed by atoms with van der Waals surface area (Å²) in [5, 5.41) is 8.03. The van der Waals surface area contributed by atoms with Gasteiger partial charge < -0.3 is 10.6 Å². The van der Waals surface area contributed by atoms with Gasteiger partial charge in [0.1, 0.15) is 0 Å². The zero-order chi connectivity index (χ0) is 12.5. The molecule has 2 fully saturated rings. The zero-order valence-corrected chi connectivity index (χ0v) is 11.7. The first kappa shape index (κ1) is 12.2. The van der Waals surface area contributed by atoms with E-state index in [9.17, 15) is 0 Å². The molecule has 2 aliphatic carbocycles. The first-order valence-electron chi connectivity index (χ1n) is 6.54. The zero-order valence-electron chi connectivity index (χ0n) is 10.2. The maximum Gasteiger partial charge on any atom is 0.171 e. The third-order valence-electron chi connectivity index (χ3n) is 4.18. The molecule has 3 rings (SSSR count). The van der Waals surface area contributed by atoms with Gasteiger partial charge in [0, 0.05) is 6.04 Å². The van der Waals surface area contributed by atoms with Gasteiger partial charge in [-0.15, -0.1) is 0 Å². The van der Waals surface area contributed by atoms with Crippen molar-refractivity contribution >= 4 is 34.6 Å². The van der Waals surface area contributed by atoms with Crippen LogP contribution in [0.1, 0.15) is 25.7 Å². The summed E-state index contributed by atoms with van der Waals surface area (Å²) in [6.45, 7) is 0. The minimum Gasteiger partial charge on any atom is -0.359 e. The van der Waals surface area contributed by atoms with Gasteiger partial charge in [0.05, 0.1) is 10.7 Å². The fraction of sp³-hybridized carbons (Fsp3) is 0.500. The van der Waals surface area contributed by atoms with Crippen LogP contribution in [0.3, 0.4) is 0 Å². The number of hydrogen-bond donors (Lipinski definition) is 2. The molecule has 0 heterocycles. The Bertz CT molecular complexity index is 463.